The number of hydrogen-bond donors (Lipinski definition) is 6. The molecule has 0 radical (unpaired) electrons. The number of esters is 1. The summed E-state index contributed by atoms with van der Waals surface area (Å²) in [4.78, 5) is 64.4. The maximum Gasteiger partial charge on any atom is 0.357 e. The fourth-order valence-corrected chi connectivity index (χ4v) is 15.6. The van der Waals surface area contributed by atoms with E-state index in [4.69, 9.17) is 50.5 Å². The molecule has 10 aliphatic rings. The summed E-state index contributed by atoms with van der Waals surface area (Å²) in [6.07, 6.45) is 5.07. The highest BCUT2D eigenvalue weighted by Gasteiger charge is 2.63. The molecule has 1 amide bonds. The Morgan fingerprint density at radius 3 is 2.35 bits per heavy atom. The molecule has 80 heavy (non-hydrogen) atoms. The summed E-state index contributed by atoms with van der Waals surface area (Å²) in [5, 5.41) is 52.2. The van der Waals surface area contributed by atoms with Crippen LogP contribution in [0.1, 0.15) is 126 Å². The Morgan fingerprint density at radius 2 is 1.62 bits per heavy atom. The second-order valence-corrected chi connectivity index (χ2v) is 25.7. The van der Waals surface area contributed by atoms with Crippen LogP contribution in [0.15, 0.2) is 75.1 Å². The number of Topliss-reactive ketones (excluding diaryl/α,β-unsaturated/α-hetero) is 1. The molecule has 434 valence electrons. The quantitative estimate of drug-likeness (QED) is 0.0965. The lowest BCUT2D eigenvalue weighted by Gasteiger charge is -2.53. The van der Waals surface area contributed by atoms with E-state index in [1.54, 1.807) is 58.0 Å². The maximum absolute atomic E-state index is 15.0. The van der Waals surface area contributed by atoms with Crippen molar-refractivity contribution in [2.24, 2.45) is 56.1 Å². The van der Waals surface area contributed by atoms with Gasteiger partial charge in [-0.05, 0) is 114 Å². The van der Waals surface area contributed by atoms with Gasteiger partial charge in [-0.15, -0.1) is 0 Å². The summed E-state index contributed by atoms with van der Waals surface area (Å²) in [5.41, 5.74) is 1.98. The van der Waals surface area contributed by atoms with Gasteiger partial charge in [0.2, 0.25) is 0 Å². The van der Waals surface area contributed by atoms with Gasteiger partial charge >= 0.3 is 11.9 Å². The van der Waals surface area contributed by atoms with Gasteiger partial charge in [0.1, 0.15) is 29.1 Å². The molecule has 0 unspecified atom stereocenters. The zero-order chi connectivity index (χ0) is 57.1. The highest BCUT2D eigenvalue weighted by molar-refractivity contribution is 6.31. The summed E-state index contributed by atoms with van der Waals surface area (Å²) in [6.45, 7) is 14.6. The minimum atomic E-state index is -1.59. The Morgan fingerprint density at radius 1 is 0.887 bits per heavy atom. The highest BCUT2D eigenvalue weighted by atomic mass is 35.5. The predicted molar refractivity (Wildman–Crippen MR) is 289 cm³/mol. The van der Waals surface area contributed by atoms with Crippen LogP contribution in [0.4, 0.5) is 0 Å². The first kappa shape index (κ1) is 57.2. The highest BCUT2D eigenvalue weighted by Crippen LogP contribution is 2.59. The zero-order valence-corrected chi connectivity index (χ0v) is 47.5. The van der Waals surface area contributed by atoms with E-state index in [9.17, 15) is 39.6 Å². The Labute approximate surface area is 470 Å². The number of carbonyl (C=O) groups excluding carboxylic acids is 3. The fraction of sp³-hybridized carbons (Fsp3) is 0.667. The molecular weight excluding hydrogens is 1050 g/mol. The van der Waals surface area contributed by atoms with Gasteiger partial charge in [-0.1, -0.05) is 70.4 Å². The largest absolute Gasteiger partial charge is 0.511 e. The molecule has 4 aliphatic carbocycles. The molecule has 7 N–H and O–H groups in total. The van der Waals surface area contributed by atoms with Crippen LogP contribution < -0.4 is 21.6 Å². The first-order chi connectivity index (χ1) is 37.8. The number of carbonyl (C=O) groups is 4. The van der Waals surface area contributed by atoms with E-state index in [1.807, 2.05) is 33.8 Å². The number of ether oxygens (including phenoxy) is 7. The van der Waals surface area contributed by atoms with Gasteiger partial charge in [0, 0.05) is 57.9 Å². The summed E-state index contributed by atoms with van der Waals surface area (Å²) >= 11 is 6.23. The molecule has 0 aromatic heterocycles. The fourth-order valence-electron chi connectivity index (χ4n) is 15.5. The van der Waals surface area contributed by atoms with E-state index in [1.165, 1.54) is 0 Å². The normalized spacial score (nSPS) is 44.2. The van der Waals surface area contributed by atoms with Crippen molar-refractivity contribution in [3.8, 4) is 0 Å². The second-order valence-electron chi connectivity index (χ2n) is 25.3. The van der Waals surface area contributed by atoms with Crippen molar-refractivity contribution in [3.63, 3.8) is 0 Å². The number of aliphatic imine (C=N–C) groups is 1. The van der Waals surface area contributed by atoms with E-state index >= 15 is 0 Å². The Bertz CT molecular complexity index is 3010. The lowest BCUT2D eigenvalue weighted by Crippen LogP contribution is -2.60. The van der Waals surface area contributed by atoms with Crippen LogP contribution >= 0.6 is 11.6 Å². The summed E-state index contributed by atoms with van der Waals surface area (Å²) in [7, 11) is 0. The Balaban J connectivity index is 0.727. The number of aliphatic hydroxyl groups is 3. The number of carboxylic acid groups (broad SMARTS) is 1. The molecule has 6 aliphatic heterocycles. The van der Waals surface area contributed by atoms with Crippen LogP contribution in [0.5, 0.6) is 0 Å². The maximum atomic E-state index is 15.0. The average molecular weight is 1130 g/mol. The smallest absolute Gasteiger partial charge is 0.357 e. The number of nitrogens with one attached hydrogen (secondary N) is 1. The van der Waals surface area contributed by atoms with Gasteiger partial charge in [-0.3, -0.25) is 9.59 Å². The van der Waals surface area contributed by atoms with E-state index in [0.717, 1.165) is 17.0 Å². The molecular formula is C60H77ClN4O15. The number of aliphatic hydroxyl groups excluding tert-OH is 2. The Kier molecular flexibility index (Phi) is 15.1. The van der Waals surface area contributed by atoms with Crippen molar-refractivity contribution in [2.75, 3.05) is 0 Å². The van der Waals surface area contributed by atoms with Crippen LogP contribution in [0.25, 0.3) is 5.57 Å². The van der Waals surface area contributed by atoms with E-state index < -0.39 is 125 Å². The van der Waals surface area contributed by atoms with Crippen molar-refractivity contribution in [2.45, 2.75) is 211 Å². The first-order valence-corrected chi connectivity index (χ1v) is 29.1. The molecule has 1 spiro atoms. The van der Waals surface area contributed by atoms with Gasteiger partial charge in [0.25, 0.3) is 5.91 Å². The number of rotatable bonds is 10. The molecule has 1 aromatic carbocycles. The number of ketones is 1. The van der Waals surface area contributed by atoms with Gasteiger partial charge in [-0.25, -0.2) is 19.6 Å². The van der Waals surface area contributed by atoms with Crippen molar-refractivity contribution >= 4 is 46.6 Å². The molecule has 11 rings (SSSR count). The molecule has 19 nitrogen and oxygen atoms in total. The number of amides is 1. The zero-order valence-electron chi connectivity index (χ0n) is 46.8. The number of nitrogens with two attached hydrogens (primary N) is 1. The van der Waals surface area contributed by atoms with E-state index in [0.29, 0.717) is 55.0 Å². The number of carboxylic acids is 1. The summed E-state index contributed by atoms with van der Waals surface area (Å²) in [5.74, 6) is -5.14. The number of aliphatic carboxylic acids is 1. The van der Waals surface area contributed by atoms with Gasteiger partial charge in [0.05, 0.1) is 53.6 Å². The number of amidine groups is 1. The summed E-state index contributed by atoms with van der Waals surface area (Å²) in [6, 6.07) is 4.66. The number of nitrogens with zero attached hydrogens (tertiary/aromatic N) is 2. The molecule has 21 atom stereocenters. The van der Waals surface area contributed by atoms with Crippen molar-refractivity contribution in [1.29, 1.82) is 0 Å². The van der Waals surface area contributed by atoms with E-state index in [-0.39, 0.29) is 72.1 Å². The van der Waals surface area contributed by atoms with E-state index in [2.05, 4.69) is 21.4 Å². The van der Waals surface area contributed by atoms with Crippen LogP contribution in [0, 0.1) is 40.4 Å². The molecule has 3 bridgehead atoms. The topological polar surface area (TPSA) is 277 Å². The minimum absolute atomic E-state index is 0.0335. The standard InChI is InChI=1S/C60H77ClN4O15/c1-9-31-23-57(6)24-37(55(70)71)27(2)60(26-57)51(68)48(54(69)65-60)50(67)59(8)32(19-41(31)66)13-15-34-38(59)11-10-12-43(34)78-45-18-17-42(28(3)74-45)77-47-25-58(7,73)52(30(5)76-47)80-46-22-44(49(62)29(4)75-46)79-56(72)40-21-36-35-20-33(61)14-16-39(35)63-53(36)64-40/h13-16,20-21,24,27-32,34,38,41-47,49,52,66-67,73H,9-12,17-19,22-23,25-26,62H2,1-8H3,(H,65,69)(H,70,71)/t27-,28-,29+,30+,31+,32+,34-,38+,41+,42-,43-,44+,45+,46-,47-,49-,52+,57-,58-,59+,60-/m0/s1. The number of benzene rings is 1. The first-order valence-electron chi connectivity index (χ1n) is 28.8. The lowest BCUT2D eigenvalue weighted by atomic mass is 9.52. The number of allylic oxidation sites excluding steroid dienone is 3. The number of hydrogen-bond acceptors (Lipinski definition) is 17. The average Bonchev–Trinajstić information content (AvgIpc) is 4.20. The Hall–Kier alpha value is -4.67. The predicted octanol–water partition coefficient (Wildman–Crippen LogP) is 5.46. The van der Waals surface area contributed by atoms with Gasteiger partial charge in [-0.2, -0.15) is 0 Å². The molecule has 4 saturated heterocycles. The third-order valence-corrected chi connectivity index (χ3v) is 20.1. The molecule has 20 heteroatoms. The van der Waals surface area contributed by atoms with Gasteiger partial charge in [0.15, 0.2) is 36.2 Å². The summed E-state index contributed by atoms with van der Waals surface area (Å²) < 4.78 is 44.9. The third-order valence-electron chi connectivity index (χ3n) is 19.8. The number of fused-ring (bicyclic) bond motifs is 7. The monoisotopic (exact) mass is 1130 g/mol. The van der Waals surface area contributed by atoms with Gasteiger partial charge < -0.3 is 64.6 Å². The SMILES string of the molecule is CC[C@@H]1C[C@@]2(C)C=C(C(=O)O)[C@H](C)[C@]3(C2)NC(=O)C(=C(O)[C@]2(C)[C@H](C=C[C@@H]4[C@@H](O[C@@H]5CC[C@H](O[C@H]6C[C@](C)(O)[C@H](O[C@H]7C[C@@H](OC(=O)C8=CC9=c%10cc(Cl)ccc%10=NC9=N8)[C@@H](N)[C@@H](C)O7)[C@@H](C)O6)[C@H](C)O5)CCC[C@H]42)C[C@H]1O)C3=O. The van der Waals surface area contributed by atoms with Crippen LogP contribution in [-0.4, -0.2) is 135 Å². The second kappa shape index (κ2) is 21.2. The van der Waals surface area contributed by atoms with Crippen LogP contribution in [0.2, 0.25) is 5.02 Å². The van der Waals surface area contributed by atoms with Crippen molar-refractivity contribution in [3.05, 3.63) is 80.7 Å². The molecule has 1 saturated carbocycles. The van der Waals surface area contributed by atoms with Crippen LogP contribution in [0.3, 0.4) is 0 Å². The van der Waals surface area contributed by atoms with Crippen molar-refractivity contribution < 1.29 is 72.8 Å². The molecule has 1 aromatic rings. The molecule has 6 heterocycles. The number of halogens is 1. The third kappa shape index (κ3) is 9.95. The molecule has 5 fully saturated rings. The van der Waals surface area contributed by atoms with Crippen LogP contribution in [-0.2, 0) is 52.3 Å². The lowest BCUT2D eigenvalue weighted by molar-refractivity contribution is -0.339. The minimum Gasteiger partial charge on any atom is -0.511 e. The van der Waals surface area contributed by atoms with Crippen molar-refractivity contribution in [1.82, 2.24) is 5.32 Å².